The van der Waals surface area contributed by atoms with E-state index in [0.717, 1.165) is 5.56 Å². The fourth-order valence-electron chi connectivity index (χ4n) is 1.21. The minimum atomic E-state index is -1.38. The maximum atomic E-state index is 11.6. The van der Waals surface area contributed by atoms with Gasteiger partial charge in [0.05, 0.1) is 6.54 Å². The second kappa shape index (κ2) is 5.31. The van der Waals surface area contributed by atoms with Gasteiger partial charge in [-0.3, -0.25) is 9.59 Å². The van der Waals surface area contributed by atoms with Crippen molar-refractivity contribution in [2.24, 2.45) is 5.73 Å². The Kier molecular flexibility index (Phi) is 4.06. The van der Waals surface area contributed by atoms with Crippen LogP contribution >= 0.6 is 0 Å². The van der Waals surface area contributed by atoms with E-state index in [1.165, 1.54) is 0 Å². The Balaban J connectivity index is 2.64. The number of carbonyl (C=O) groups is 2. The van der Waals surface area contributed by atoms with E-state index in [9.17, 15) is 9.59 Å². The summed E-state index contributed by atoms with van der Waals surface area (Å²) in [5, 5.41) is 11.5. The molecule has 0 saturated heterocycles. The quantitative estimate of drug-likeness (QED) is 0.510. The van der Waals surface area contributed by atoms with Crippen LogP contribution in [0.4, 0.5) is 5.69 Å². The summed E-state index contributed by atoms with van der Waals surface area (Å²) in [6.07, 6.45) is -1.38. The van der Waals surface area contributed by atoms with Crippen LogP contribution in [-0.2, 0) is 4.79 Å². The number of nitrogens with one attached hydrogen (secondary N) is 1. The number of nitrogen functional groups attached to an aromatic ring is 1. The molecule has 0 aliphatic heterocycles. The van der Waals surface area contributed by atoms with Gasteiger partial charge in [-0.25, -0.2) is 0 Å². The third-order valence-electron chi connectivity index (χ3n) is 2.32. The lowest BCUT2D eigenvalue weighted by molar-refractivity contribution is -0.125. The number of aliphatic hydroxyl groups excluding tert-OH is 1. The minimum Gasteiger partial charge on any atom is -0.399 e. The molecule has 0 aliphatic carbocycles. The fourth-order valence-corrected chi connectivity index (χ4v) is 1.21. The summed E-state index contributed by atoms with van der Waals surface area (Å²) >= 11 is 0. The molecule has 17 heavy (non-hydrogen) atoms. The maximum Gasteiger partial charge on any atom is 0.251 e. The Morgan fingerprint density at radius 3 is 2.65 bits per heavy atom. The first-order chi connectivity index (χ1) is 7.91. The third-order valence-corrected chi connectivity index (χ3v) is 2.32. The van der Waals surface area contributed by atoms with E-state index in [4.69, 9.17) is 16.6 Å². The summed E-state index contributed by atoms with van der Waals surface area (Å²) in [6.45, 7) is 1.57. The van der Waals surface area contributed by atoms with Gasteiger partial charge in [0.25, 0.3) is 5.91 Å². The Morgan fingerprint density at radius 2 is 2.12 bits per heavy atom. The van der Waals surface area contributed by atoms with E-state index in [1.807, 2.05) is 0 Å². The predicted octanol–water partition coefficient (Wildman–Crippen LogP) is -0.847. The van der Waals surface area contributed by atoms with Gasteiger partial charge in [0.15, 0.2) is 0 Å². The van der Waals surface area contributed by atoms with Crippen LogP contribution in [0.2, 0.25) is 0 Å². The van der Waals surface area contributed by atoms with Crippen molar-refractivity contribution in [1.29, 1.82) is 0 Å². The Morgan fingerprint density at radius 1 is 1.47 bits per heavy atom. The number of aliphatic hydroxyl groups is 1. The third kappa shape index (κ3) is 3.46. The molecular weight excluding hydrogens is 222 g/mol. The predicted molar refractivity (Wildman–Crippen MR) is 63.1 cm³/mol. The molecule has 1 aromatic rings. The van der Waals surface area contributed by atoms with Gasteiger partial charge in [-0.05, 0) is 30.7 Å². The van der Waals surface area contributed by atoms with E-state index in [0.29, 0.717) is 11.3 Å². The molecule has 0 bridgehead atoms. The Bertz CT molecular complexity index is 446. The van der Waals surface area contributed by atoms with Crippen molar-refractivity contribution in [3.8, 4) is 0 Å². The fraction of sp³-hybridized carbons (Fsp3) is 0.273. The number of hydrogen-bond donors (Lipinski definition) is 4. The summed E-state index contributed by atoms with van der Waals surface area (Å²) in [6, 6.07) is 4.81. The van der Waals surface area contributed by atoms with Crippen LogP contribution in [0.5, 0.6) is 0 Å². The van der Waals surface area contributed by atoms with Crippen LogP contribution in [0, 0.1) is 6.92 Å². The van der Waals surface area contributed by atoms with Gasteiger partial charge < -0.3 is 21.9 Å². The van der Waals surface area contributed by atoms with Crippen molar-refractivity contribution in [3.63, 3.8) is 0 Å². The first-order valence-electron chi connectivity index (χ1n) is 5.03. The largest absolute Gasteiger partial charge is 0.399 e. The molecule has 1 aromatic carbocycles. The molecule has 6 heteroatoms. The summed E-state index contributed by atoms with van der Waals surface area (Å²) < 4.78 is 0. The topological polar surface area (TPSA) is 118 Å². The van der Waals surface area contributed by atoms with Crippen LogP contribution < -0.4 is 16.8 Å². The van der Waals surface area contributed by atoms with Crippen molar-refractivity contribution >= 4 is 17.5 Å². The number of carbonyl (C=O) groups excluding carboxylic acids is 2. The highest BCUT2D eigenvalue weighted by Crippen LogP contribution is 2.12. The highest BCUT2D eigenvalue weighted by Gasteiger charge is 2.13. The highest BCUT2D eigenvalue weighted by atomic mass is 16.3. The van der Waals surface area contributed by atoms with Crippen molar-refractivity contribution < 1.29 is 14.7 Å². The molecule has 1 rings (SSSR count). The number of primary amides is 1. The van der Waals surface area contributed by atoms with Gasteiger partial charge in [-0.2, -0.15) is 0 Å². The van der Waals surface area contributed by atoms with Crippen molar-refractivity contribution in [2.45, 2.75) is 13.0 Å². The molecule has 6 N–H and O–H groups in total. The first kappa shape index (κ1) is 13.0. The van der Waals surface area contributed by atoms with Crippen LogP contribution in [0.3, 0.4) is 0 Å². The Hall–Kier alpha value is -2.08. The van der Waals surface area contributed by atoms with E-state index < -0.39 is 17.9 Å². The smallest absolute Gasteiger partial charge is 0.251 e. The SMILES string of the molecule is Cc1cc(C(=O)NCC(O)C(N)=O)ccc1N. The van der Waals surface area contributed by atoms with Crippen LogP contribution in [-0.4, -0.2) is 29.6 Å². The number of rotatable bonds is 4. The summed E-state index contributed by atoms with van der Waals surface area (Å²) in [5.74, 6) is -1.27. The van der Waals surface area contributed by atoms with Gasteiger partial charge in [0, 0.05) is 11.3 Å². The molecule has 1 unspecified atom stereocenters. The van der Waals surface area contributed by atoms with E-state index in [1.54, 1.807) is 25.1 Å². The van der Waals surface area contributed by atoms with E-state index in [2.05, 4.69) is 5.32 Å². The van der Waals surface area contributed by atoms with Gasteiger partial charge in [0.1, 0.15) is 6.10 Å². The second-order valence-corrected chi connectivity index (χ2v) is 3.70. The minimum absolute atomic E-state index is 0.211. The molecule has 0 spiro atoms. The number of nitrogens with two attached hydrogens (primary N) is 2. The molecule has 0 saturated carbocycles. The monoisotopic (exact) mass is 237 g/mol. The molecule has 2 amide bonds. The maximum absolute atomic E-state index is 11.6. The average Bonchev–Trinajstić information content (AvgIpc) is 2.28. The van der Waals surface area contributed by atoms with Gasteiger partial charge in [-0.15, -0.1) is 0 Å². The lowest BCUT2D eigenvalue weighted by atomic mass is 10.1. The standard InChI is InChI=1S/C11H15N3O3/c1-6-4-7(2-3-8(6)12)11(17)14-5-9(15)10(13)16/h2-4,9,15H,5,12H2,1H3,(H2,13,16)(H,14,17). The first-order valence-corrected chi connectivity index (χ1v) is 5.03. The normalized spacial score (nSPS) is 11.9. The van der Waals surface area contributed by atoms with E-state index in [-0.39, 0.29) is 6.54 Å². The molecule has 6 nitrogen and oxygen atoms in total. The zero-order chi connectivity index (χ0) is 13.0. The molecule has 0 aliphatic rings. The molecular formula is C11H15N3O3. The van der Waals surface area contributed by atoms with Crippen molar-refractivity contribution in [1.82, 2.24) is 5.32 Å². The number of benzene rings is 1. The summed E-state index contributed by atoms with van der Waals surface area (Å²) in [7, 11) is 0. The number of aryl methyl sites for hydroxylation is 1. The average molecular weight is 237 g/mol. The second-order valence-electron chi connectivity index (χ2n) is 3.70. The van der Waals surface area contributed by atoms with Gasteiger partial charge in [-0.1, -0.05) is 0 Å². The molecule has 0 radical (unpaired) electrons. The molecule has 1 atom stereocenters. The molecule has 0 aromatic heterocycles. The zero-order valence-corrected chi connectivity index (χ0v) is 9.43. The molecule has 0 heterocycles. The van der Waals surface area contributed by atoms with Crippen LogP contribution in [0.1, 0.15) is 15.9 Å². The van der Waals surface area contributed by atoms with Crippen LogP contribution in [0.15, 0.2) is 18.2 Å². The number of amides is 2. The number of hydrogen-bond acceptors (Lipinski definition) is 4. The lowest BCUT2D eigenvalue weighted by Gasteiger charge is -2.09. The van der Waals surface area contributed by atoms with E-state index >= 15 is 0 Å². The number of anilines is 1. The molecule has 0 fully saturated rings. The highest BCUT2D eigenvalue weighted by molar-refractivity contribution is 5.95. The summed E-state index contributed by atoms with van der Waals surface area (Å²) in [5.41, 5.74) is 12.3. The summed E-state index contributed by atoms with van der Waals surface area (Å²) in [4.78, 5) is 22.2. The van der Waals surface area contributed by atoms with Crippen molar-refractivity contribution in [3.05, 3.63) is 29.3 Å². The van der Waals surface area contributed by atoms with Crippen molar-refractivity contribution in [2.75, 3.05) is 12.3 Å². The zero-order valence-electron chi connectivity index (χ0n) is 9.43. The van der Waals surface area contributed by atoms with Crippen LogP contribution in [0.25, 0.3) is 0 Å². The van der Waals surface area contributed by atoms with Gasteiger partial charge in [0.2, 0.25) is 5.91 Å². The van der Waals surface area contributed by atoms with Gasteiger partial charge >= 0.3 is 0 Å². The molecule has 92 valence electrons. The Labute approximate surface area is 98.6 Å². The lowest BCUT2D eigenvalue weighted by Crippen LogP contribution is -2.39.